The Morgan fingerprint density at radius 2 is 2.04 bits per heavy atom. The summed E-state index contributed by atoms with van der Waals surface area (Å²) < 4.78 is 45.9. The van der Waals surface area contributed by atoms with Crippen LogP contribution in [0.4, 0.5) is 9.18 Å². The molecular formula is C17H25FN2O4S. The van der Waals surface area contributed by atoms with Gasteiger partial charge in [0.1, 0.15) is 11.4 Å². The molecule has 0 spiro atoms. The molecule has 1 aliphatic heterocycles. The third kappa shape index (κ3) is 5.97. The number of likely N-dealkylation sites (tertiary alicyclic amines) is 1. The first kappa shape index (κ1) is 19.7. The van der Waals surface area contributed by atoms with Crippen LogP contribution in [0.25, 0.3) is 0 Å². The second kappa shape index (κ2) is 7.70. The van der Waals surface area contributed by atoms with Crippen LogP contribution in [-0.4, -0.2) is 44.1 Å². The van der Waals surface area contributed by atoms with Crippen LogP contribution in [0.1, 0.15) is 39.2 Å². The minimum absolute atomic E-state index is 0.0933. The Labute approximate surface area is 148 Å². The molecule has 140 valence electrons. The number of hydrogen-bond donors (Lipinski definition) is 1. The molecule has 0 saturated carbocycles. The molecule has 0 aliphatic carbocycles. The zero-order chi connectivity index (χ0) is 18.7. The molecule has 1 fully saturated rings. The van der Waals surface area contributed by atoms with Gasteiger partial charge in [0.2, 0.25) is 10.0 Å². The lowest BCUT2D eigenvalue weighted by molar-refractivity contribution is 0.0229. The number of nitrogens with zero attached hydrogens (tertiary/aromatic N) is 1. The minimum Gasteiger partial charge on any atom is -0.444 e. The first-order valence-corrected chi connectivity index (χ1v) is 9.93. The van der Waals surface area contributed by atoms with Crippen LogP contribution < -0.4 is 4.72 Å². The summed E-state index contributed by atoms with van der Waals surface area (Å²) in [4.78, 5) is 13.8. The maximum atomic E-state index is 13.6. The van der Waals surface area contributed by atoms with Crippen LogP contribution in [0, 0.1) is 5.82 Å². The van der Waals surface area contributed by atoms with E-state index in [0.717, 1.165) is 6.42 Å². The number of carbonyl (C=O) groups is 1. The highest BCUT2D eigenvalue weighted by atomic mass is 32.2. The summed E-state index contributed by atoms with van der Waals surface area (Å²) in [6.07, 6.45) is 1.05. The number of carbonyl (C=O) groups excluding carboxylic acids is 1. The van der Waals surface area contributed by atoms with E-state index in [-0.39, 0.29) is 18.2 Å². The molecule has 1 heterocycles. The molecule has 2 rings (SSSR count). The highest BCUT2D eigenvalue weighted by Gasteiger charge is 2.32. The molecule has 1 saturated heterocycles. The van der Waals surface area contributed by atoms with Crippen molar-refractivity contribution in [1.29, 1.82) is 0 Å². The van der Waals surface area contributed by atoms with Gasteiger partial charge in [-0.15, -0.1) is 0 Å². The van der Waals surface area contributed by atoms with E-state index in [1.807, 2.05) is 0 Å². The normalized spacial score (nSPS) is 18.4. The predicted octanol–water partition coefficient (Wildman–Crippen LogP) is 2.64. The van der Waals surface area contributed by atoms with Gasteiger partial charge in [-0.3, -0.25) is 0 Å². The largest absolute Gasteiger partial charge is 0.444 e. The number of ether oxygens (including phenoxy) is 1. The van der Waals surface area contributed by atoms with Gasteiger partial charge >= 0.3 is 6.09 Å². The van der Waals surface area contributed by atoms with E-state index in [9.17, 15) is 17.6 Å². The van der Waals surface area contributed by atoms with Crippen molar-refractivity contribution in [2.45, 2.75) is 51.0 Å². The van der Waals surface area contributed by atoms with E-state index in [4.69, 9.17) is 4.74 Å². The zero-order valence-corrected chi connectivity index (χ0v) is 15.6. The van der Waals surface area contributed by atoms with E-state index in [2.05, 4.69) is 4.72 Å². The van der Waals surface area contributed by atoms with Gasteiger partial charge < -0.3 is 9.64 Å². The van der Waals surface area contributed by atoms with Crippen molar-refractivity contribution in [3.8, 4) is 0 Å². The zero-order valence-electron chi connectivity index (χ0n) is 14.8. The first-order chi connectivity index (χ1) is 11.6. The Balaban J connectivity index is 1.95. The number of nitrogens with one attached hydrogen (secondary N) is 1. The van der Waals surface area contributed by atoms with E-state index in [0.29, 0.717) is 13.0 Å². The third-order valence-corrected chi connectivity index (χ3v) is 5.14. The van der Waals surface area contributed by atoms with Crippen molar-refractivity contribution in [1.82, 2.24) is 9.62 Å². The summed E-state index contributed by atoms with van der Waals surface area (Å²) in [6, 6.07) is 5.51. The lowest BCUT2D eigenvalue weighted by Gasteiger charge is -2.28. The Bertz CT molecular complexity index is 716. The summed E-state index contributed by atoms with van der Waals surface area (Å²) in [5.74, 6) is -0.983. The molecule has 1 aliphatic rings. The van der Waals surface area contributed by atoms with E-state index in [1.165, 1.54) is 18.2 Å². The molecule has 1 aromatic rings. The Morgan fingerprint density at radius 1 is 1.36 bits per heavy atom. The van der Waals surface area contributed by atoms with Crippen molar-refractivity contribution in [3.63, 3.8) is 0 Å². The Morgan fingerprint density at radius 3 is 2.68 bits per heavy atom. The van der Waals surface area contributed by atoms with Crippen LogP contribution in [0.2, 0.25) is 0 Å². The first-order valence-electron chi connectivity index (χ1n) is 8.28. The summed E-state index contributed by atoms with van der Waals surface area (Å²) in [5.41, 5.74) is -0.486. The van der Waals surface area contributed by atoms with Gasteiger partial charge in [-0.1, -0.05) is 18.2 Å². The molecule has 1 aromatic carbocycles. The number of rotatable bonds is 5. The van der Waals surface area contributed by atoms with Crippen LogP contribution in [0.3, 0.4) is 0 Å². The van der Waals surface area contributed by atoms with Gasteiger partial charge in [0.05, 0.1) is 5.75 Å². The second-order valence-electron chi connectivity index (χ2n) is 7.17. The summed E-state index contributed by atoms with van der Waals surface area (Å²) in [5, 5.41) is 0. The van der Waals surface area contributed by atoms with Gasteiger partial charge in [0, 0.05) is 24.7 Å². The van der Waals surface area contributed by atoms with Gasteiger partial charge in [-0.25, -0.2) is 22.3 Å². The Kier molecular flexibility index (Phi) is 6.05. The molecular weight excluding hydrogens is 347 g/mol. The van der Waals surface area contributed by atoms with Gasteiger partial charge in [0.25, 0.3) is 0 Å². The standard InChI is InChI=1S/C17H25FN2O4S/c1-17(2,3)24-16(21)20-10-6-8-14(20)11-19-25(22,23)12-13-7-4-5-9-15(13)18/h4-5,7,9,14,19H,6,8,10-12H2,1-3H3/t14-/m0/s1. The number of amides is 1. The third-order valence-electron chi connectivity index (χ3n) is 3.85. The van der Waals surface area contributed by atoms with Crippen LogP contribution >= 0.6 is 0 Å². The molecule has 0 unspecified atom stereocenters. The van der Waals surface area contributed by atoms with E-state index >= 15 is 0 Å². The quantitative estimate of drug-likeness (QED) is 0.862. The average molecular weight is 372 g/mol. The molecule has 1 amide bonds. The number of sulfonamides is 1. The molecule has 0 bridgehead atoms. The molecule has 1 atom stereocenters. The highest BCUT2D eigenvalue weighted by molar-refractivity contribution is 7.88. The number of benzene rings is 1. The molecule has 0 aromatic heterocycles. The van der Waals surface area contributed by atoms with Crippen LogP contribution in [0.5, 0.6) is 0 Å². The molecule has 8 heteroatoms. The molecule has 6 nitrogen and oxygen atoms in total. The van der Waals surface area contributed by atoms with Crippen molar-refractivity contribution >= 4 is 16.1 Å². The molecule has 25 heavy (non-hydrogen) atoms. The average Bonchev–Trinajstić information content (AvgIpc) is 2.94. The van der Waals surface area contributed by atoms with E-state index in [1.54, 1.807) is 31.7 Å². The monoisotopic (exact) mass is 372 g/mol. The SMILES string of the molecule is CC(C)(C)OC(=O)N1CCC[C@H]1CNS(=O)(=O)Cc1ccccc1F. The van der Waals surface area contributed by atoms with Crippen molar-refractivity contribution < 1.29 is 22.3 Å². The maximum Gasteiger partial charge on any atom is 0.410 e. The minimum atomic E-state index is -3.70. The molecule has 0 radical (unpaired) electrons. The maximum absolute atomic E-state index is 13.6. The number of halogens is 1. The van der Waals surface area contributed by atoms with Crippen LogP contribution in [-0.2, 0) is 20.5 Å². The lowest BCUT2D eigenvalue weighted by Crippen LogP contribution is -2.45. The fraction of sp³-hybridized carbons (Fsp3) is 0.588. The topological polar surface area (TPSA) is 75.7 Å². The number of hydrogen-bond acceptors (Lipinski definition) is 4. The van der Waals surface area contributed by atoms with Gasteiger partial charge in [-0.05, 0) is 39.7 Å². The second-order valence-corrected chi connectivity index (χ2v) is 8.98. The predicted molar refractivity (Wildman–Crippen MR) is 93.0 cm³/mol. The van der Waals surface area contributed by atoms with Crippen molar-refractivity contribution in [2.24, 2.45) is 0 Å². The van der Waals surface area contributed by atoms with Crippen molar-refractivity contribution in [2.75, 3.05) is 13.1 Å². The smallest absolute Gasteiger partial charge is 0.410 e. The lowest BCUT2D eigenvalue weighted by atomic mass is 10.2. The summed E-state index contributed by atoms with van der Waals surface area (Å²) in [6.45, 7) is 5.98. The van der Waals surface area contributed by atoms with E-state index < -0.39 is 33.3 Å². The Hall–Kier alpha value is -1.67. The summed E-state index contributed by atoms with van der Waals surface area (Å²) in [7, 11) is -3.70. The van der Waals surface area contributed by atoms with Gasteiger partial charge in [0.15, 0.2) is 0 Å². The van der Waals surface area contributed by atoms with Crippen LogP contribution in [0.15, 0.2) is 24.3 Å². The highest BCUT2D eigenvalue weighted by Crippen LogP contribution is 2.20. The summed E-state index contributed by atoms with van der Waals surface area (Å²) >= 11 is 0. The fourth-order valence-corrected chi connectivity index (χ4v) is 3.90. The van der Waals surface area contributed by atoms with Crippen molar-refractivity contribution in [3.05, 3.63) is 35.6 Å². The van der Waals surface area contributed by atoms with Gasteiger partial charge in [-0.2, -0.15) is 0 Å². The fourth-order valence-electron chi connectivity index (χ4n) is 2.70. The molecule has 1 N–H and O–H groups in total.